The topological polar surface area (TPSA) is 214 Å². The molecule has 0 aromatic heterocycles. The van der Waals surface area contributed by atoms with E-state index in [0.717, 1.165) is 103 Å². The number of hydrogen-bond acceptors (Lipinski definition) is 14. The van der Waals surface area contributed by atoms with Gasteiger partial charge in [0.05, 0.1) is 26.4 Å². The lowest BCUT2D eigenvalue weighted by Crippen LogP contribution is -2.61. The van der Waals surface area contributed by atoms with Crippen molar-refractivity contribution in [1.82, 2.24) is 0 Å². The number of esters is 1. The van der Waals surface area contributed by atoms with E-state index in [0.29, 0.717) is 13.0 Å². The minimum absolute atomic E-state index is 0.0483. The fourth-order valence-corrected chi connectivity index (χ4v) is 8.87. The van der Waals surface area contributed by atoms with E-state index in [2.05, 4.69) is 98.9 Å². The summed E-state index contributed by atoms with van der Waals surface area (Å²) in [5.74, 6) is -0.393. The van der Waals surface area contributed by atoms with E-state index in [9.17, 15) is 40.5 Å². The van der Waals surface area contributed by atoms with Crippen molar-refractivity contribution in [1.29, 1.82) is 0 Å². The van der Waals surface area contributed by atoms with Crippen molar-refractivity contribution in [3.05, 3.63) is 85.1 Å². The van der Waals surface area contributed by atoms with Gasteiger partial charge in [-0.05, 0) is 89.9 Å². The molecule has 14 heteroatoms. The molecule has 2 fully saturated rings. The second-order valence-corrected chi connectivity index (χ2v) is 20.4. The Morgan fingerprint density at radius 1 is 0.447 bits per heavy atom. The first-order valence-electron chi connectivity index (χ1n) is 29.7. The van der Waals surface area contributed by atoms with Crippen molar-refractivity contribution >= 4 is 5.97 Å². The molecule has 0 amide bonds. The number of carbonyl (C=O) groups excluding carboxylic acids is 1. The number of allylic oxidation sites excluding steroid dienone is 14. The molecule has 0 spiro atoms. The van der Waals surface area contributed by atoms with Crippen LogP contribution in [0, 0.1) is 0 Å². The van der Waals surface area contributed by atoms with Crippen LogP contribution in [0.5, 0.6) is 0 Å². The Morgan fingerprint density at radius 2 is 0.855 bits per heavy atom. The van der Waals surface area contributed by atoms with Gasteiger partial charge in [-0.25, -0.2) is 0 Å². The summed E-state index contributed by atoms with van der Waals surface area (Å²) < 4.78 is 34.4. The average Bonchev–Trinajstić information content (AvgIpc) is 3.42. The summed E-state index contributed by atoms with van der Waals surface area (Å²) >= 11 is 0. The maximum absolute atomic E-state index is 13.1. The van der Waals surface area contributed by atoms with Gasteiger partial charge in [0.15, 0.2) is 12.6 Å². The molecule has 438 valence electrons. The Morgan fingerprint density at radius 3 is 1.34 bits per heavy atom. The van der Waals surface area contributed by atoms with Crippen LogP contribution in [-0.2, 0) is 33.2 Å². The van der Waals surface area contributed by atoms with Crippen LogP contribution in [0.4, 0.5) is 0 Å². The van der Waals surface area contributed by atoms with Gasteiger partial charge in [-0.3, -0.25) is 4.79 Å². The molecule has 11 atom stereocenters. The zero-order valence-corrected chi connectivity index (χ0v) is 47.0. The number of ether oxygens (including phenoxy) is 6. The van der Waals surface area contributed by atoms with Gasteiger partial charge in [0, 0.05) is 13.0 Å². The van der Waals surface area contributed by atoms with Crippen LogP contribution in [0.15, 0.2) is 85.1 Å². The van der Waals surface area contributed by atoms with Crippen molar-refractivity contribution in [3.63, 3.8) is 0 Å². The molecule has 0 aromatic rings. The van der Waals surface area contributed by atoms with Gasteiger partial charge in [-0.15, -0.1) is 0 Å². The predicted molar refractivity (Wildman–Crippen MR) is 302 cm³/mol. The van der Waals surface area contributed by atoms with Crippen LogP contribution in [0.3, 0.4) is 0 Å². The summed E-state index contributed by atoms with van der Waals surface area (Å²) in [6.07, 6.45) is 46.4. The molecule has 2 rings (SSSR count). The molecule has 0 saturated carbocycles. The highest BCUT2D eigenvalue weighted by atomic mass is 16.7. The second-order valence-electron chi connectivity index (χ2n) is 20.4. The smallest absolute Gasteiger partial charge is 0.306 e. The number of rotatable bonds is 47. The van der Waals surface area contributed by atoms with Crippen molar-refractivity contribution in [2.45, 2.75) is 268 Å². The Hall–Kier alpha value is -2.83. The molecular formula is C62H106O14. The number of aliphatic hydroxyl groups excluding tert-OH is 7. The Kier molecular flexibility index (Phi) is 43.9. The van der Waals surface area contributed by atoms with Crippen LogP contribution in [-0.4, -0.2) is 142 Å². The molecule has 0 aromatic carbocycles. The first-order valence-corrected chi connectivity index (χ1v) is 29.7. The van der Waals surface area contributed by atoms with Gasteiger partial charge in [-0.2, -0.15) is 0 Å². The lowest BCUT2D eigenvalue weighted by atomic mass is 9.98. The molecular weight excluding hydrogens is 969 g/mol. The Labute approximate surface area is 459 Å². The number of aliphatic hydroxyl groups is 7. The lowest BCUT2D eigenvalue weighted by Gasteiger charge is -2.42. The van der Waals surface area contributed by atoms with E-state index < -0.39 is 86.7 Å². The van der Waals surface area contributed by atoms with Crippen molar-refractivity contribution in [2.75, 3.05) is 33.0 Å². The maximum Gasteiger partial charge on any atom is 0.306 e. The Balaban J connectivity index is 1.70. The Bertz CT molecular complexity index is 1580. The minimum Gasteiger partial charge on any atom is -0.457 e. The predicted octanol–water partition coefficient (Wildman–Crippen LogP) is 10.8. The molecule has 11 unspecified atom stereocenters. The standard InChI is InChI=1S/C62H106O14/c1-3-5-7-9-11-13-15-17-19-21-22-23-24-25-26-27-28-29-30-32-34-36-38-40-42-44-46-71-48-51(74-54(64)45-43-41-39-37-35-33-31-20-18-16-14-12-10-8-6-4-2)49-72-61-60(70)58(68)56(66)53(76-61)50-73-62-59(69)57(67)55(65)52(47-63)75-62/h5,7,11,13-14,16-17,19-20,22-23,25-26,31,51-53,55-63,65-70H,3-4,6,8-10,12,15,18,21,24,27-30,32-50H2,1-2H3/b7-5-,13-11-,16-14-,19-17-,23-22-,26-25-,31-20-. The van der Waals surface area contributed by atoms with Crippen LogP contribution in [0.25, 0.3) is 0 Å². The molecule has 2 heterocycles. The zero-order chi connectivity index (χ0) is 55.1. The number of unbranched alkanes of at least 4 members (excludes halogenated alkanes) is 19. The molecule has 2 aliphatic rings. The summed E-state index contributed by atoms with van der Waals surface area (Å²) in [6.45, 7) is 3.52. The maximum atomic E-state index is 13.1. The molecule has 0 radical (unpaired) electrons. The van der Waals surface area contributed by atoms with E-state index in [1.54, 1.807) is 0 Å². The normalized spacial score (nSPS) is 25.1. The highest BCUT2D eigenvalue weighted by molar-refractivity contribution is 5.69. The van der Waals surface area contributed by atoms with Crippen molar-refractivity contribution in [3.8, 4) is 0 Å². The fourth-order valence-electron chi connectivity index (χ4n) is 8.87. The second kappa shape index (κ2) is 48.1. The molecule has 2 saturated heterocycles. The molecule has 14 nitrogen and oxygen atoms in total. The molecule has 0 bridgehead atoms. The third kappa shape index (κ3) is 34.2. The SMILES string of the molecule is CC/C=C\C/C=C\C/C=C\C/C=C\C/C=C\CCCCCCCCCCCCOCC(COC1OC(COC2OC(CO)C(O)C(O)C2O)C(O)C(O)C1O)OC(=O)CCCCCCC/C=C\C/C=C\CCCCCC. The van der Waals surface area contributed by atoms with E-state index >= 15 is 0 Å². The van der Waals surface area contributed by atoms with E-state index in [1.807, 2.05) is 0 Å². The van der Waals surface area contributed by atoms with Crippen LogP contribution in [0.1, 0.15) is 200 Å². The number of carbonyl (C=O) groups is 1. The number of hydrogen-bond donors (Lipinski definition) is 7. The quantitative estimate of drug-likeness (QED) is 0.0172. The van der Waals surface area contributed by atoms with Crippen LogP contribution < -0.4 is 0 Å². The first kappa shape index (κ1) is 69.3. The van der Waals surface area contributed by atoms with Gasteiger partial charge in [0.25, 0.3) is 0 Å². The average molecular weight is 1080 g/mol. The molecule has 76 heavy (non-hydrogen) atoms. The van der Waals surface area contributed by atoms with Crippen molar-refractivity contribution < 1.29 is 69.0 Å². The third-order valence-corrected chi connectivity index (χ3v) is 13.6. The highest BCUT2D eigenvalue weighted by Crippen LogP contribution is 2.26. The highest BCUT2D eigenvalue weighted by Gasteiger charge is 2.47. The molecule has 2 aliphatic heterocycles. The third-order valence-electron chi connectivity index (χ3n) is 13.6. The van der Waals surface area contributed by atoms with Gasteiger partial charge in [0.2, 0.25) is 0 Å². The lowest BCUT2D eigenvalue weighted by molar-refractivity contribution is -0.332. The summed E-state index contributed by atoms with van der Waals surface area (Å²) in [6, 6.07) is 0. The molecule has 7 N–H and O–H groups in total. The largest absolute Gasteiger partial charge is 0.457 e. The monoisotopic (exact) mass is 1070 g/mol. The fraction of sp³-hybridized carbons (Fsp3) is 0.758. The van der Waals surface area contributed by atoms with Crippen molar-refractivity contribution in [2.24, 2.45) is 0 Å². The van der Waals surface area contributed by atoms with E-state index in [-0.39, 0.29) is 19.6 Å². The van der Waals surface area contributed by atoms with Gasteiger partial charge in [0.1, 0.15) is 54.9 Å². The van der Waals surface area contributed by atoms with Crippen LogP contribution >= 0.6 is 0 Å². The van der Waals surface area contributed by atoms with E-state index in [4.69, 9.17) is 28.4 Å². The summed E-state index contributed by atoms with van der Waals surface area (Å²) in [5.41, 5.74) is 0. The van der Waals surface area contributed by atoms with Crippen LogP contribution in [0.2, 0.25) is 0 Å². The first-order chi connectivity index (χ1) is 37.1. The van der Waals surface area contributed by atoms with E-state index in [1.165, 1.54) is 70.6 Å². The van der Waals surface area contributed by atoms with Gasteiger partial charge >= 0.3 is 5.97 Å². The summed E-state index contributed by atoms with van der Waals surface area (Å²) in [5, 5.41) is 72.4. The summed E-state index contributed by atoms with van der Waals surface area (Å²) in [7, 11) is 0. The van der Waals surface area contributed by atoms with Gasteiger partial charge in [-0.1, -0.05) is 189 Å². The minimum atomic E-state index is -1.71. The van der Waals surface area contributed by atoms with Gasteiger partial charge < -0.3 is 64.2 Å². The zero-order valence-electron chi connectivity index (χ0n) is 47.0. The summed E-state index contributed by atoms with van der Waals surface area (Å²) in [4.78, 5) is 13.1. The molecule has 0 aliphatic carbocycles.